The molecule has 0 bridgehead atoms. The molecule has 0 aliphatic carbocycles. The van der Waals surface area contributed by atoms with Crippen LogP contribution in [0.25, 0.3) is 0 Å². The van der Waals surface area contributed by atoms with Crippen molar-refractivity contribution in [1.82, 2.24) is 14.8 Å². The molecule has 6 heteroatoms. The predicted molar refractivity (Wildman–Crippen MR) is 65.5 cm³/mol. The lowest BCUT2D eigenvalue weighted by atomic mass is 10.2. The van der Waals surface area contributed by atoms with Crippen molar-refractivity contribution in [2.24, 2.45) is 0 Å². The monoisotopic (exact) mass is 253 g/mol. The number of carbonyl (C=O) groups is 1. The molecule has 0 unspecified atom stereocenters. The summed E-state index contributed by atoms with van der Waals surface area (Å²) in [5, 5.41) is 8.86. The zero-order chi connectivity index (χ0) is 13.1. The minimum absolute atomic E-state index is 0.294. The Labute approximate surface area is 106 Å². The van der Waals surface area contributed by atoms with Crippen molar-refractivity contribution in [3.05, 3.63) is 17.8 Å². The van der Waals surface area contributed by atoms with E-state index in [1.54, 1.807) is 6.26 Å². The van der Waals surface area contributed by atoms with Crippen LogP contribution in [0.3, 0.4) is 0 Å². The van der Waals surface area contributed by atoms with Gasteiger partial charge in [-0.2, -0.15) is 0 Å². The largest absolute Gasteiger partial charge is 0.465 e. The Morgan fingerprint density at radius 2 is 2.11 bits per heavy atom. The fourth-order valence-electron chi connectivity index (χ4n) is 1.99. The summed E-state index contributed by atoms with van der Waals surface area (Å²) in [4.78, 5) is 18.8. The normalized spacial score (nSPS) is 17.4. The van der Waals surface area contributed by atoms with Crippen molar-refractivity contribution < 1.29 is 14.3 Å². The van der Waals surface area contributed by atoms with Gasteiger partial charge in [-0.3, -0.25) is 4.90 Å². The first kappa shape index (κ1) is 12.9. The standard InChI is InChI=1S/C12H19N3O3/c1-9(2)11-13-10(8-18-11)7-14-3-5-15(6-4-14)12(16)17/h8-9H,3-7H2,1-2H3,(H,16,17). The fraction of sp³-hybridized carbons (Fsp3) is 0.667. The molecule has 0 radical (unpaired) electrons. The van der Waals surface area contributed by atoms with Crippen molar-refractivity contribution in [2.45, 2.75) is 26.3 Å². The van der Waals surface area contributed by atoms with Gasteiger partial charge in [0.2, 0.25) is 0 Å². The van der Waals surface area contributed by atoms with Gasteiger partial charge in [-0.25, -0.2) is 9.78 Å². The summed E-state index contributed by atoms with van der Waals surface area (Å²) in [5.41, 5.74) is 0.919. The molecule has 100 valence electrons. The van der Waals surface area contributed by atoms with Crippen LogP contribution in [0.5, 0.6) is 0 Å². The van der Waals surface area contributed by atoms with E-state index in [4.69, 9.17) is 9.52 Å². The summed E-state index contributed by atoms with van der Waals surface area (Å²) in [5.74, 6) is 1.05. The summed E-state index contributed by atoms with van der Waals surface area (Å²) < 4.78 is 5.38. The zero-order valence-electron chi connectivity index (χ0n) is 10.8. The highest BCUT2D eigenvalue weighted by Gasteiger charge is 2.21. The van der Waals surface area contributed by atoms with Crippen LogP contribution in [0.2, 0.25) is 0 Å². The highest BCUT2D eigenvalue weighted by atomic mass is 16.4. The molecule has 2 heterocycles. The van der Waals surface area contributed by atoms with E-state index in [9.17, 15) is 4.79 Å². The van der Waals surface area contributed by atoms with Crippen LogP contribution in [-0.4, -0.2) is 52.2 Å². The predicted octanol–water partition coefficient (Wildman–Crippen LogP) is 1.59. The van der Waals surface area contributed by atoms with Crippen LogP contribution in [0.15, 0.2) is 10.7 Å². The number of nitrogens with zero attached hydrogens (tertiary/aromatic N) is 3. The SMILES string of the molecule is CC(C)c1nc(CN2CCN(C(=O)O)CC2)co1. The lowest BCUT2D eigenvalue weighted by Gasteiger charge is -2.32. The number of hydrogen-bond donors (Lipinski definition) is 1. The van der Waals surface area contributed by atoms with Crippen molar-refractivity contribution in [2.75, 3.05) is 26.2 Å². The van der Waals surface area contributed by atoms with Gasteiger partial charge < -0.3 is 14.4 Å². The number of oxazole rings is 1. The first-order chi connectivity index (χ1) is 8.56. The Morgan fingerprint density at radius 1 is 1.44 bits per heavy atom. The molecule has 0 spiro atoms. The molecule has 1 aromatic rings. The maximum Gasteiger partial charge on any atom is 0.407 e. The molecule has 0 saturated carbocycles. The van der Waals surface area contributed by atoms with E-state index in [1.807, 2.05) is 13.8 Å². The molecule has 1 aliphatic rings. The summed E-state index contributed by atoms with van der Waals surface area (Å²) in [7, 11) is 0. The lowest BCUT2D eigenvalue weighted by molar-refractivity contribution is 0.102. The quantitative estimate of drug-likeness (QED) is 0.886. The molecule has 0 aromatic carbocycles. The van der Waals surface area contributed by atoms with Crippen molar-refractivity contribution in [3.8, 4) is 0 Å². The van der Waals surface area contributed by atoms with E-state index in [2.05, 4.69) is 9.88 Å². The van der Waals surface area contributed by atoms with Crippen molar-refractivity contribution >= 4 is 6.09 Å². The zero-order valence-corrected chi connectivity index (χ0v) is 10.8. The van der Waals surface area contributed by atoms with Gasteiger partial charge in [-0.1, -0.05) is 13.8 Å². The number of amides is 1. The number of aromatic nitrogens is 1. The maximum atomic E-state index is 10.8. The molecule has 2 rings (SSSR count). The van der Waals surface area contributed by atoms with Gasteiger partial charge in [-0.15, -0.1) is 0 Å². The summed E-state index contributed by atoms with van der Waals surface area (Å²) in [6, 6.07) is 0. The van der Waals surface area contributed by atoms with Gasteiger partial charge in [0, 0.05) is 38.6 Å². The second-order valence-corrected chi connectivity index (χ2v) is 4.88. The van der Waals surface area contributed by atoms with Crippen LogP contribution in [0.4, 0.5) is 4.79 Å². The highest BCUT2D eigenvalue weighted by molar-refractivity contribution is 5.65. The van der Waals surface area contributed by atoms with Crippen LogP contribution < -0.4 is 0 Å². The Morgan fingerprint density at radius 3 is 2.61 bits per heavy atom. The molecule has 18 heavy (non-hydrogen) atoms. The highest BCUT2D eigenvalue weighted by Crippen LogP contribution is 2.15. The van der Waals surface area contributed by atoms with E-state index >= 15 is 0 Å². The second-order valence-electron chi connectivity index (χ2n) is 4.88. The molecule has 1 fully saturated rings. The van der Waals surface area contributed by atoms with Crippen LogP contribution in [-0.2, 0) is 6.54 Å². The van der Waals surface area contributed by atoms with Gasteiger partial charge in [0.05, 0.1) is 5.69 Å². The van der Waals surface area contributed by atoms with Gasteiger partial charge in [0.25, 0.3) is 0 Å². The van der Waals surface area contributed by atoms with Crippen LogP contribution >= 0.6 is 0 Å². The molecule has 1 N–H and O–H groups in total. The van der Waals surface area contributed by atoms with E-state index in [0.29, 0.717) is 19.0 Å². The Balaban J connectivity index is 1.85. The second kappa shape index (κ2) is 5.39. The molecular weight excluding hydrogens is 234 g/mol. The van der Waals surface area contributed by atoms with E-state index in [1.165, 1.54) is 4.90 Å². The third-order valence-corrected chi connectivity index (χ3v) is 3.09. The lowest BCUT2D eigenvalue weighted by Crippen LogP contribution is -2.47. The van der Waals surface area contributed by atoms with E-state index in [-0.39, 0.29) is 0 Å². The fourth-order valence-corrected chi connectivity index (χ4v) is 1.99. The minimum atomic E-state index is -0.835. The van der Waals surface area contributed by atoms with Gasteiger partial charge >= 0.3 is 6.09 Å². The number of piperazine rings is 1. The van der Waals surface area contributed by atoms with E-state index in [0.717, 1.165) is 31.2 Å². The molecule has 1 amide bonds. The number of carboxylic acid groups (broad SMARTS) is 1. The smallest absolute Gasteiger partial charge is 0.407 e. The molecule has 1 aliphatic heterocycles. The van der Waals surface area contributed by atoms with E-state index < -0.39 is 6.09 Å². The first-order valence-electron chi connectivity index (χ1n) is 6.21. The maximum absolute atomic E-state index is 10.8. The molecule has 0 atom stereocenters. The molecule has 6 nitrogen and oxygen atoms in total. The average Bonchev–Trinajstić information content (AvgIpc) is 2.78. The molecular formula is C12H19N3O3. The number of hydrogen-bond acceptors (Lipinski definition) is 4. The Kier molecular flexibility index (Phi) is 3.86. The van der Waals surface area contributed by atoms with Crippen molar-refractivity contribution in [3.63, 3.8) is 0 Å². The van der Waals surface area contributed by atoms with Gasteiger partial charge in [0.15, 0.2) is 5.89 Å². The van der Waals surface area contributed by atoms with Crippen LogP contribution in [0.1, 0.15) is 31.4 Å². The summed E-state index contributed by atoms with van der Waals surface area (Å²) in [6.45, 7) is 7.42. The topological polar surface area (TPSA) is 69.8 Å². The summed E-state index contributed by atoms with van der Waals surface area (Å²) >= 11 is 0. The molecule has 1 saturated heterocycles. The van der Waals surface area contributed by atoms with Crippen LogP contribution in [0, 0.1) is 0 Å². The Bertz CT molecular complexity index is 408. The number of rotatable bonds is 3. The summed E-state index contributed by atoms with van der Waals surface area (Å²) in [6.07, 6.45) is 0.858. The van der Waals surface area contributed by atoms with Crippen molar-refractivity contribution in [1.29, 1.82) is 0 Å². The molecule has 1 aromatic heterocycles. The average molecular weight is 253 g/mol. The minimum Gasteiger partial charge on any atom is -0.465 e. The first-order valence-corrected chi connectivity index (χ1v) is 6.21. The van der Waals surface area contributed by atoms with Gasteiger partial charge in [0.1, 0.15) is 6.26 Å². The Hall–Kier alpha value is -1.56. The van der Waals surface area contributed by atoms with Gasteiger partial charge in [-0.05, 0) is 0 Å². The third-order valence-electron chi connectivity index (χ3n) is 3.09. The third kappa shape index (κ3) is 3.01.